The Balaban J connectivity index is 1.91. The second-order valence-electron chi connectivity index (χ2n) is 7.11. The van der Waals surface area contributed by atoms with E-state index in [0.29, 0.717) is 17.4 Å². The third-order valence-electron chi connectivity index (χ3n) is 5.23. The summed E-state index contributed by atoms with van der Waals surface area (Å²) in [6.45, 7) is 5.82. The summed E-state index contributed by atoms with van der Waals surface area (Å²) in [4.78, 5) is 34.7. The fourth-order valence-corrected chi connectivity index (χ4v) is 3.31. The van der Waals surface area contributed by atoms with Crippen molar-refractivity contribution in [2.75, 3.05) is 0 Å². The van der Waals surface area contributed by atoms with Crippen molar-refractivity contribution in [2.24, 2.45) is 11.8 Å². The summed E-state index contributed by atoms with van der Waals surface area (Å²) in [5.41, 5.74) is 0.189. The number of benzene rings is 1. The number of para-hydroxylation sites is 1. The van der Waals surface area contributed by atoms with Crippen molar-refractivity contribution in [1.29, 1.82) is 0 Å². The number of hydrogen-bond donors (Lipinski definition) is 1. The molecule has 146 valence electrons. The number of hydrogen-bond acceptors (Lipinski definition) is 5. The van der Waals surface area contributed by atoms with Crippen LogP contribution in [0.15, 0.2) is 30.3 Å². The molecule has 1 aromatic rings. The lowest BCUT2D eigenvalue weighted by Crippen LogP contribution is -2.47. The summed E-state index contributed by atoms with van der Waals surface area (Å²) in [5, 5.41) is 13.9. The number of nitrogens with one attached hydrogen (secondary N) is 1. The predicted molar refractivity (Wildman–Crippen MR) is 102 cm³/mol. The van der Waals surface area contributed by atoms with E-state index in [1.54, 1.807) is 12.1 Å². The minimum Gasteiger partial charge on any atom is -0.449 e. The van der Waals surface area contributed by atoms with Crippen LogP contribution in [0.25, 0.3) is 6.08 Å². The molecule has 7 heteroatoms. The molecule has 0 heterocycles. The highest BCUT2D eigenvalue weighted by atomic mass is 16.6. The van der Waals surface area contributed by atoms with Crippen LogP contribution in [-0.2, 0) is 14.3 Å². The van der Waals surface area contributed by atoms with Gasteiger partial charge >= 0.3 is 5.97 Å². The first-order valence-electron chi connectivity index (χ1n) is 9.22. The van der Waals surface area contributed by atoms with E-state index >= 15 is 0 Å². The predicted octanol–water partition coefficient (Wildman–Crippen LogP) is 3.48. The molecule has 1 fully saturated rings. The zero-order valence-corrected chi connectivity index (χ0v) is 15.9. The van der Waals surface area contributed by atoms with Crippen LogP contribution in [0, 0.1) is 22.0 Å². The van der Waals surface area contributed by atoms with Crippen LogP contribution >= 0.6 is 0 Å². The Labute approximate surface area is 158 Å². The Kier molecular flexibility index (Phi) is 7.10. The molecule has 7 nitrogen and oxygen atoms in total. The Hall–Kier alpha value is -2.70. The first-order chi connectivity index (χ1) is 12.8. The van der Waals surface area contributed by atoms with Crippen molar-refractivity contribution in [2.45, 2.75) is 52.2 Å². The zero-order chi connectivity index (χ0) is 20.0. The summed E-state index contributed by atoms with van der Waals surface area (Å²) in [5.74, 6) is -0.120. The first-order valence-corrected chi connectivity index (χ1v) is 9.22. The van der Waals surface area contributed by atoms with Crippen molar-refractivity contribution in [3.63, 3.8) is 0 Å². The Morgan fingerprint density at radius 2 is 2.00 bits per heavy atom. The Morgan fingerprint density at radius 3 is 2.70 bits per heavy atom. The molecular weight excluding hydrogens is 348 g/mol. The number of nitro benzene ring substituents is 1. The summed E-state index contributed by atoms with van der Waals surface area (Å²) in [6, 6.07) is 6.16. The van der Waals surface area contributed by atoms with E-state index in [1.807, 2.05) is 0 Å². The first kappa shape index (κ1) is 20.6. The molecule has 1 N–H and O–H groups in total. The minimum atomic E-state index is -0.933. The lowest BCUT2D eigenvalue weighted by molar-refractivity contribution is -0.385. The Bertz CT molecular complexity index is 731. The van der Waals surface area contributed by atoms with E-state index in [4.69, 9.17) is 4.74 Å². The summed E-state index contributed by atoms with van der Waals surface area (Å²) >= 11 is 0. The zero-order valence-electron chi connectivity index (χ0n) is 15.9. The summed E-state index contributed by atoms with van der Waals surface area (Å²) in [7, 11) is 0. The van der Waals surface area contributed by atoms with Crippen molar-refractivity contribution in [3.8, 4) is 0 Å². The van der Waals surface area contributed by atoms with Gasteiger partial charge in [0.15, 0.2) is 6.10 Å². The highest BCUT2D eigenvalue weighted by molar-refractivity contribution is 5.91. The molecule has 1 amide bonds. The number of carbonyl (C=O) groups excluding carboxylic acids is 2. The third-order valence-corrected chi connectivity index (χ3v) is 5.23. The molecule has 27 heavy (non-hydrogen) atoms. The van der Waals surface area contributed by atoms with Gasteiger partial charge in [0, 0.05) is 18.2 Å². The van der Waals surface area contributed by atoms with Crippen molar-refractivity contribution in [1.82, 2.24) is 5.32 Å². The van der Waals surface area contributed by atoms with Crippen LogP contribution in [0.5, 0.6) is 0 Å². The van der Waals surface area contributed by atoms with Gasteiger partial charge in [-0.1, -0.05) is 38.8 Å². The van der Waals surface area contributed by atoms with Crippen LogP contribution in [0.2, 0.25) is 0 Å². The molecule has 2 rings (SSSR count). The molecule has 1 aliphatic carbocycles. The average Bonchev–Trinajstić information content (AvgIpc) is 2.63. The molecule has 0 saturated heterocycles. The van der Waals surface area contributed by atoms with E-state index in [9.17, 15) is 19.7 Å². The maximum absolute atomic E-state index is 12.3. The highest BCUT2D eigenvalue weighted by Gasteiger charge is 2.29. The van der Waals surface area contributed by atoms with E-state index in [0.717, 1.165) is 25.3 Å². The SMILES string of the molecule is C[C@H]1[C@@H](NC(=O)[C@@H](C)OC(=O)/C=C/c2ccccc2[N+](=O)[O-])CCC[C@@H]1C. The molecular formula is C20H26N2O5. The molecule has 0 bridgehead atoms. The van der Waals surface area contributed by atoms with Gasteiger partial charge in [-0.2, -0.15) is 0 Å². The topological polar surface area (TPSA) is 98.5 Å². The fourth-order valence-electron chi connectivity index (χ4n) is 3.31. The molecule has 1 saturated carbocycles. The molecule has 4 atom stereocenters. The average molecular weight is 374 g/mol. The summed E-state index contributed by atoms with van der Waals surface area (Å²) in [6.07, 6.45) is 4.64. The number of ether oxygens (including phenoxy) is 1. The van der Waals surface area contributed by atoms with E-state index < -0.39 is 17.0 Å². The highest BCUT2D eigenvalue weighted by Crippen LogP contribution is 2.29. The van der Waals surface area contributed by atoms with Gasteiger partial charge in [-0.05, 0) is 37.3 Å². The molecule has 0 spiro atoms. The maximum Gasteiger partial charge on any atom is 0.331 e. The quantitative estimate of drug-likeness (QED) is 0.356. The van der Waals surface area contributed by atoms with Gasteiger partial charge in [-0.25, -0.2) is 4.79 Å². The van der Waals surface area contributed by atoms with Crippen LogP contribution in [0.4, 0.5) is 5.69 Å². The number of nitro groups is 1. The van der Waals surface area contributed by atoms with Crippen LogP contribution in [-0.4, -0.2) is 28.9 Å². The summed E-state index contributed by atoms with van der Waals surface area (Å²) < 4.78 is 5.13. The number of amides is 1. The Morgan fingerprint density at radius 1 is 1.30 bits per heavy atom. The van der Waals surface area contributed by atoms with Gasteiger partial charge < -0.3 is 10.1 Å². The van der Waals surface area contributed by atoms with Gasteiger partial charge in [-0.15, -0.1) is 0 Å². The fraction of sp³-hybridized carbons (Fsp3) is 0.500. The van der Waals surface area contributed by atoms with E-state index in [2.05, 4.69) is 19.2 Å². The molecule has 1 aromatic carbocycles. The lowest BCUT2D eigenvalue weighted by atomic mass is 9.78. The van der Waals surface area contributed by atoms with Gasteiger partial charge in [0.1, 0.15) is 0 Å². The van der Waals surface area contributed by atoms with Gasteiger partial charge in [0.05, 0.1) is 10.5 Å². The van der Waals surface area contributed by atoms with Crippen LogP contribution < -0.4 is 5.32 Å². The standard InChI is InChI=1S/C20H26N2O5/c1-13-7-6-9-17(14(13)2)21-20(24)15(3)27-19(23)12-11-16-8-4-5-10-18(16)22(25)26/h4-5,8,10-15,17H,6-7,9H2,1-3H3,(H,21,24)/b12-11+/t13-,14+,15+,17-/m0/s1. The third kappa shape index (κ3) is 5.64. The molecule has 0 radical (unpaired) electrons. The minimum absolute atomic E-state index is 0.0879. The monoisotopic (exact) mass is 374 g/mol. The normalized spacial score (nSPS) is 23.6. The van der Waals surface area contributed by atoms with E-state index in [-0.39, 0.29) is 17.6 Å². The van der Waals surface area contributed by atoms with Crippen molar-refractivity contribution >= 4 is 23.6 Å². The van der Waals surface area contributed by atoms with Crippen molar-refractivity contribution in [3.05, 3.63) is 46.0 Å². The molecule has 0 aliphatic heterocycles. The van der Waals surface area contributed by atoms with Crippen molar-refractivity contribution < 1.29 is 19.2 Å². The van der Waals surface area contributed by atoms with Gasteiger partial charge in [0.25, 0.3) is 11.6 Å². The molecule has 1 aliphatic rings. The number of rotatable bonds is 6. The molecule has 0 unspecified atom stereocenters. The van der Waals surface area contributed by atoms with Crippen LogP contribution in [0.1, 0.15) is 45.6 Å². The number of esters is 1. The smallest absolute Gasteiger partial charge is 0.331 e. The largest absolute Gasteiger partial charge is 0.449 e. The molecule has 0 aromatic heterocycles. The van der Waals surface area contributed by atoms with Gasteiger partial charge in [0.2, 0.25) is 0 Å². The lowest BCUT2D eigenvalue weighted by Gasteiger charge is -2.35. The van der Waals surface area contributed by atoms with E-state index in [1.165, 1.54) is 25.1 Å². The number of carbonyl (C=O) groups is 2. The second-order valence-corrected chi connectivity index (χ2v) is 7.11. The van der Waals surface area contributed by atoms with Gasteiger partial charge in [-0.3, -0.25) is 14.9 Å². The van der Waals surface area contributed by atoms with Crippen LogP contribution in [0.3, 0.4) is 0 Å². The second kappa shape index (κ2) is 9.30. The maximum atomic E-state index is 12.3. The number of nitrogens with zero attached hydrogens (tertiary/aromatic N) is 1.